The Bertz CT molecular complexity index is 3800. The molecule has 0 saturated heterocycles. The Morgan fingerprint density at radius 1 is 0.373 bits per heavy atom. The number of thiophene rings is 1. The molecule has 13 aromatic rings. The van der Waals surface area contributed by atoms with Crippen LogP contribution >= 0.6 is 11.3 Å². The van der Waals surface area contributed by atoms with Gasteiger partial charge in [0.2, 0.25) is 0 Å². The highest BCUT2D eigenvalue weighted by Gasteiger charge is 2.23. The molecule has 0 aliphatic carbocycles. The lowest BCUT2D eigenvalue weighted by Gasteiger charge is -2.16. The molecule has 0 amide bonds. The summed E-state index contributed by atoms with van der Waals surface area (Å²) in [7, 11) is 0. The van der Waals surface area contributed by atoms with Crippen molar-refractivity contribution in [2.45, 2.75) is 0 Å². The molecule has 4 aromatic heterocycles. The maximum atomic E-state index is 5.35. The Balaban J connectivity index is 1.06. The van der Waals surface area contributed by atoms with Crippen molar-refractivity contribution < 1.29 is 0 Å². The van der Waals surface area contributed by atoms with Crippen molar-refractivity contribution >= 4 is 96.9 Å². The molecule has 0 radical (unpaired) electrons. The van der Waals surface area contributed by atoms with E-state index in [4.69, 9.17) is 9.97 Å². The van der Waals surface area contributed by atoms with Crippen LogP contribution in [0.15, 0.2) is 194 Å². The fraction of sp³-hybridized carbons (Fsp3) is 0. The molecular formula is C54H32N4S. The van der Waals surface area contributed by atoms with E-state index < -0.39 is 0 Å². The van der Waals surface area contributed by atoms with Crippen LogP contribution in [0, 0.1) is 0 Å². The molecule has 0 fully saturated rings. The first-order valence-electron chi connectivity index (χ1n) is 20.0. The average Bonchev–Trinajstić information content (AvgIpc) is 3.96. The zero-order chi connectivity index (χ0) is 38.6. The van der Waals surface area contributed by atoms with E-state index in [2.05, 4.69) is 191 Å². The largest absolute Gasteiger partial charge is 0.309 e. The number of hydrogen-bond acceptors (Lipinski definition) is 3. The molecule has 0 aliphatic heterocycles. The third-order valence-corrected chi connectivity index (χ3v) is 13.2. The van der Waals surface area contributed by atoms with Gasteiger partial charge in [0.05, 0.1) is 50.2 Å². The van der Waals surface area contributed by atoms with Crippen LogP contribution in [0.1, 0.15) is 0 Å². The molecule has 0 spiro atoms. The van der Waals surface area contributed by atoms with E-state index in [0.29, 0.717) is 0 Å². The molecule has 0 unspecified atom stereocenters. The highest BCUT2D eigenvalue weighted by Crippen LogP contribution is 2.45. The van der Waals surface area contributed by atoms with E-state index in [-0.39, 0.29) is 0 Å². The van der Waals surface area contributed by atoms with Crippen LogP contribution in [0.5, 0.6) is 0 Å². The summed E-state index contributed by atoms with van der Waals surface area (Å²) in [5.41, 5.74) is 12.7. The van der Waals surface area contributed by atoms with Crippen LogP contribution in [0.4, 0.5) is 0 Å². The Morgan fingerprint density at radius 3 is 1.66 bits per heavy atom. The zero-order valence-corrected chi connectivity index (χ0v) is 32.5. The Kier molecular flexibility index (Phi) is 6.85. The van der Waals surface area contributed by atoms with Gasteiger partial charge in [-0.15, -0.1) is 11.3 Å². The minimum absolute atomic E-state index is 0.875. The van der Waals surface area contributed by atoms with Crippen LogP contribution in [-0.2, 0) is 0 Å². The second-order valence-corrected chi connectivity index (χ2v) is 16.4. The molecule has 9 aromatic carbocycles. The fourth-order valence-electron chi connectivity index (χ4n) is 9.57. The van der Waals surface area contributed by atoms with Gasteiger partial charge in [0.1, 0.15) is 0 Å². The first kappa shape index (κ1) is 32.5. The second kappa shape index (κ2) is 12.4. The van der Waals surface area contributed by atoms with Crippen molar-refractivity contribution in [1.82, 2.24) is 19.1 Å². The predicted molar refractivity (Wildman–Crippen MR) is 249 cm³/mol. The Hall–Kier alpha value is -7.60. The van der Waals surface area contributed by atoms with E-state index in [1.54, 1.807) is 0 Å². The van der Waals surface area contributed by atoms with Gasteiger partial charge in [-0.05, 0) is 66.0 Å². The summed E-state index contributed by atoms with van der Waals surface area (Å²) in [6, 6.07) is 70.0. The van der Waals surface area contributed by atoms with E-state index >= 15 is 0 Å². The molecule has 4 nitrogen and oxygen atoms in total. The van der Waals surface area contributed by atoms with Crippen molar-refractivity contribution in [1.29, 1.82) is 0 Å². The third kappa shape index (κ3) is 4.71. The monoisotopic (exact) mass is 768 g/mol. The van der Waals surface area contributed by atoms with Crippen LogP contribution < -0.4 is 0 Å². The highest BCUT2D eigenvalue weighted by atomic mass is 32.1. The first-order valence-corrected chi connectivity index (χ1v) is 20.8. The van der Waals surface area contributed by atoms with Gasteiger partial charge in [0.25, 0.3) is 0 Å². The molecule has 0 N–H and O–H groups in total. The lowest BCUT2D eigenvalue weighted by atomic mass is 9.99. The van der Waals surface area contributed by atoms with E-state index in [1.165, 1.54) is 69.2 Å². The third-order valence-electron chi connectivity index (χ3n) is 12.1. The first-order chi connectivity index (χ1) is 29.3. The van der Waals surface area contributed by atoms with Crippen molar-refractivity contribution in [2.75, 3.05) is 0 Å². The summed E-state index contributed by atoms with van der Waals surface area (Å²) in [4.78, 5) is 10.7. The van der Waals surface area contributed by atoms with E-state index in [0.717, 1.165) is 50.3 Å². The molecule has 0 saturated carbocycles. The molecule has 59 heavy (non-hydrogen) atoms. The van der Waals surface area contributed by atoms with Crippen molar-refractivity contribution in [2.24, 2.45) is 0 Å². The lowest BCUT2D eigenvalue weighted by Crippen LogP contribution is -1.99. The molecule has 0 atom stereocenters. The SMILES string of the molecule is c1ccc2c(-n3c4ccccc4c4ccccc43)c3c4ccccc4n(-c4ccc(-c5nc6ccccc6nc5-c5cccc6sc7ccccc7c56)cc4)c3cc2c1. The molecule has 4 heterocycles. The van der Waals surface area contributed by atoms with Crippen LogP contribution in [-0.4, -0.2) is 19.1 Å². The molecular weight excluding hydrogens is 737 g/mol. The van der Waals surface area contributed by atoms with Crippen LogP contribution in [0.25, 0.3) is 119 Å². The minimum Gasteiger partial charge on any atom is -0.309 e. The number of hydrogen-bond donors (Lipinski definition) is 0. The summed E-state index contributed by atoms with van der Waals surface area (Å²) in [5.74, 6) is 0. The quantitative estimate of drug-likeness (QED) is 0.179. The number of fused-ring (bicyclic) bond motifs is 11. The van der Waals surface area contributed by atoms with Crippen LogP contribution in [0.3, 0.4) is 0 Å². The van der Waals surface area contributed by atoms with E-state index in [1.807, 2.05) is 23.5 Å². The summed E-state index contributed by atoms with van der Waals surface area (Å²) in [6.45, 7) is 0. The molecule has 13 rings (SSSR count). The van der Waals surface area contributed by atoms with Gasteiger partial charge in [0.15, 0.2) is 0 Å². The Labute approximate surface area is 342 Å². The summed E-state index contributed by atoms with van der Waals surface area (Å²) in [5, 5.41) is 9.85. The second-order valence-electron chi connectivity index (χ2n) is 15.3. The number of nitrogens with zero attached hydrogens (tertiary/aromatic N) is 4. The van der Waals surface area contributed by atoms with E-state index in [9.17, 15) is 0 Å². The average molecular weight is 769 g/mol. The lowest BCUT2D eigenvalue weighted by molar-refractivity contribution is 1.17. The maximum Gasteiger partial charge on any atom is 0.0979 e. The van der Waals surface area contributed by atoms with Crippen molar-refractivity contribution in [3.63, 3.8) is 0 Å². The van der Waals surface area contributed by atoms with Gasteiger partial charge in [-0.25, -0.2) is 9.97 Å². The van der Waals surface area contributed by atoms with Crippen molar-refractivity contribution in [3.8, 4) is 33.9 Å². The maximum absolute atomic E-state index is 5.35. The van der Waals surface area contributed by atoms with Gasteiger partial charge in [-0.3, -0.25) is 0 Å². The number of rotatable bonds is 4. The molecule has 0 aliphatic rings. The van der Waals surface area contributed by atoms with Gasteiger partial charge in [-0.2, -0.15) is 0 Å². The smallest absolute Gasteiger partial charge is 0.0979 e. The molecule has 274 valence electrons. The molecule has 0 bridgehead atoms. The van der Waals surface area contributed by atoms with Gasteiger partial charge in [-0.1, -0.05) is 133 Å². The number of benzene rings is 9. The summed E-state index contributed by atoms with van der Waals surface area (Å²) < 4.78 is 7.45. The highest BCUT2D eigenvalue weighted by molar-refractivity contribution is 7.25. The topological polar surface area (TPSA) is 35.6 Å². The van der Waals surface area contributed by atoms with Gasteiger partial charge in [0, 0.05) is 63.9 Å². The molecule has 5 heteroatoms. The predicted octanol–water partition coefficient (Wildman–Crippen LogP) is 14.7. The van der Waals surface area contributed by atoms with Gasteiger partial charge >= 0.3 is 0 Å². The number of para-hydroxylation sites is 5. The summed E-state index contributed by atoms with van der Waals surface area (Å²) >= 11 is 1.83. The standard InChI is InChI=1S/C54H32N4S/c1-2-15-36-34(14-1)32-47-51(54(36)58-44-23-9-3-16-37(44)38-17-4-10-24-45(38)58)39-18-5-11-25-46(39)57(47)35-30-28-33(29-31-35)52-53(56-43-22-8-7-21-42(43)55-52)41-20-13-27-49-50(41)40-19-6-12-26-48(40)59-49/h1-32H. The van der Waals surface area contributed by atoms with Crippen LogP contribution in [0.2, 0.25) is 0 Å². The number of aromatic nitrogens is 4. The zero-order valence-electron chi connectivity index (χ0n) is 31.7. The van der Waals surface area contributed by atoms with Gasteiger partial charge < -0.3 is 9.13 Å². The van der Waals surface area contributed by atoms with Crippen molar-refractivity contribution in [3.05, 3.63) is 194 Å². The fourth-order valence-corrected chi connectivity index (χ4v) is 10.7. The Morgan fingerprint density at radius 2 is 0.932 bits per heavy atom. The summed E-state index contributed by atoms with van der Waals surface area (Å²) in [6.07, 6.45) is 0. The minimum atomic E-state index is 0.875. The normalized spacial score (nSPS) is 12.1.